The van der Waals surface area contributed by atoms with Gasteiger partial charge in [-0.05, 0) is 24.1 Å². The lowest BCUT2D eigenvalue weighted by Gasteiger charge is -2.08. The molecule has 5 heteroatoms. The monoisotopic (exact) mass is 231 g/mol. The van der Waals surface area contributed by atoms with Gasteiger partial charge in [0.05, 0.1) is 6.20 Å². The molecule has 17 heavy (non-hydrogen) atoms. The lowest BCUT2D eigenvalue weighted by molar-refractivity contribution is 0.583. The second kappa shape index (κ2) is 5.34. The van der Waals surface area contributed by atoms with Crippen molar-refractivity contribution in [1.82, 2.24) is 15.0 Å². The molecule has 0 unspecified atom stereocenters. The van der Waals surface area contributed by atoms with Crippen LogP contribution in [0.1, 0.15) is 18.9 Å². The quantitative estimate of drug-likeness (QED) is 0.771. The average molecular weight is 231 g/mol. The van der Waals surface area contributed by atoms with Crippen LogP contribution in [0.5, 0.6) is 0 Å². The van der Waals surface area contributed by atoms with E-state index in [-0.39, 0.29) is 0 Å². The second-order valence-corrected chi connectivity index (χ2v) is 3.94. The Kier molecular flexibility index (Phi) is 3.59. The molecular formula is C12H17N5. The minimum atomic E-state index is 0.724. The number of aromatic nitrogens is 3. The zero-order valence-electron chi connectivity index (χ0n) is 9.93. The molecule has 0 aliphatic heterocycles. The van der Waals surface area contributed by atoms with Crippen molar-refractivity contribution in [2.75, 3.05) is 11.1 Å². The molecule has 0 atom stereocenters. The van der Waals surface area contributed by atoms with Crippen LogP contribution in [0.2, 0.25) is 0 Å². The molecule has 0 saturated carbocycles. The van der Waals surface area contributed by atoms with Gasteiger partial charge in [-0.3, -0.25) is 0 Å². The Labute approximate surface area is 101 Å². The predicted molar refractivity (Wildman–Crippen MR) is 68.5 cm³/mol. The number of rotatable bonds is 5. The van der Waals surface area contributed by atoms with Gasteiger partial charge in [-0.25, -0.2) is 4.68 Å². The Hall–Kier alpha value is -2.04. The van der Waals surface area contributed by atoms with Gasteiger partial charge in [-0.1, -0.05) is 24.3 Å². The van der Waals surface area contributed by atoms with Crippen LogP contribution in [0.4, 0.5) is 11.5 Å². The van der Waals surface area contributed by atoms with Gasteiger partial charge in [-0.2, -0.15) is 0 Å². The highest BCUT2D eigenvalue weighted by Crippen LogP contribution is 2.10. The Morgan fingerprint density at radius 2 is 2.29 bits per heavy atom. The van der Waals surface area contributed by atoms with Gasteiger partial charge in [0.25, 0.3) is 0 Å². The molecule has 3 N–H and O–H groups in total. The van der Waals surface area contributed by atoms with Crippen molar-refractivity contribution in [2.24, 2.45) is 0 Å². The number of nitrogens with one attached hydrogen (secondary N) is 1. The molecule has 0 aliphatic rings. The van der Waals surface area contributed by atoms with E-state index < -0.39 is 0 Å². The highest BCUT2D eigenvalue weighted by atomic mass is 15.4. The van der Waals surface area contributed by atoms with Crippen molar-refractivity contribution in [3.8, 4) is 0 Å². The van der Waals surface area contributed by atoms with E-state index in [2.05, 4.69) is 22.6 Å². The van der Waals surface area contributed by atoms with E-state index in [1.807, 2.05) is 28.9 Å². The van der Waals surface area contributed by atoms with Crippen LogP contribution in [0.25, 0.3) is 0 Å². The zero-order valence-corrected chi connectivity index (χ0v) is 9.93. The molecule has 0 aliphatic carbocycles. The highest BCUT2D eigenvalue weighted by Gasteiger charge is 2.02. The van der Waals surface area contributed by atoms with Crippen LogP contribution in [0.3, 0.4) is 0 Å². The van der Waals surface area contributed by atoms with Crippen LogP contribution in [0, 0.1) is 0 Å². The Balaban J connectivity index is 1.99. The normalized spacial score (nSPS) is 10.4. The van der Waals surface area contributed by atoms with Gasteiger partial charge in [0.2, 0.25) is 0 Å². The third-order valence-electron chi connectivity index (χ3n) is 2.48. The largest absolute Gasteiger partial charge is 0.399 e. The van der Waals surface area contributed by atoms with Crippen molar-refractivity contribution in [2.45, 2.75) is 26.4 Å². The SMILES string of the molecule is CCCn1nncc1NCc1cccc(N)c1. The van der Waals surface area contributed by atoms with Gasteiger partial charge in [0.15, 0.2) is 0 Å². The first-order chi connectivity index (χ1) is 8.29. The van der Waals surface area contributed by atoms with E-state index in [9.17, 15) is 0 Å². The van der Waals surface area contributed by atoms with Gasteiger partial charge in [0.1, 0.15) is 5.82 Å². The van der Waals surface area contributed by atoms with Gasteiger partial charge in [0, 0.05) is 18.8 Å². The lowest BCUT2D eigenvalue weighted by atomic mass is 10.2. The minimum Gasteiger partial charge on any atom is -0.399 e. The Bertz CT molecular complexity index is 477. The molecule has 0 bridgehead atoms. The predicted octanol–water partition coefficient (Wildman–Crippen LogP) is 1.88. The topological polar surface area (TPSA) is 68.8 Å². The van der Waals surface area contributed by atoms with Crippen molar-refractivity contribution in [3.05, 3.63) is 36.0 Å². The minimum absolute atomic E-state index is 0.724. The summed E-state index contributed by atoms with van der Waals surface area (Å²) in [6, 6.07) is 7.83. The molecular weight excluding hydrogens is 214 g/mol. The number of aryl methyl sites for hydroxylation is 1. The standard InChI is InChI=1S/C12H17N5/c1-2-6-17-12(9-15-16-17)14-8-10-4-3-5-11(13)7-10/h3-5,7,9,14H,2,6,8,13H2,1H3. The van der Waals surface area contributed by atoms with Gasteiger partial charge < -0.3 is 11.1 Å². The summed E-state index contributed by atoms with van der Waals surface area (Å²) in [5.74, 6) is 0.939. The summed E-state index contributed by atoms with van der Waals surface area (Å²) in [6.07, 6.45) is 2.78. The molecule has 0 fully saturated rings. The summed E-state index contributed by atoms with van der Waals surface area (Å²) >= 11 is 0. The number of anilines is 2. The second-order valence-electron chi connectivity index (χ2n) is 3.94. The first-order valence-electron chi connectivity index (χ1n) is 5.76. The fourth-order valence-electron chi connectivity index (χ4n) is 1.67. The molecule has 90 valence electrons. The molecule has 0 saturated heterocycles. The average Bonchev–Trinajstić information content (AvgIpc) is 2.75. The summed E-state index contributed by atoms with van der Waals surface area (Å²) in [4.78, 5) is 0. The molecule has 1 aromatic carbocycles. The summed E-state index contributed by atoms with van der Waals surface area (Å²) in [5, 5.41) is 11.2. The Morgan fingerprint density at radius 1 is 1.41 bits per heavy atom. The third kappa shape index (κ3) is 2.96. The molecule has 2 rings (SSSR count). The fraction of sp³-hybridized carbons (Fsp3) is 0.333. The zero-order chi connectivity index (χ0) is 12.1. The molecule has 1 heterocycles. The van der Waals surface area contributed by atoms with E-state index in [0.717, 1.165) is 36.6 Å². The van der Waals surface area contributed by atoms with Crippen molar-refractivity contribution in [3.63, 3.8) is 0 Å². The molecule has 5 nitrogen and oxygen atoms in total. The number of nitrogen functional groups attached to an aromatic ring is 1. The number of nitrogens with zero attached hydrogens (tertiary/aromatic N) is 3. The van der Waals surface area contributed by atoms with Crippen LogP contribution >= 0.6 is 0 Å². The van der Waals surface area contributed by atoms with E-state index >= 15 is 0 Å². The van der Waals surface area contributed by atoms with Gasteiger partial charge in [-0.15, -0.1) is 5.10 Å². The molecule has 1 aromatic heterocycles. The van der Waals surface area contributed by atoms with E-state index in [4.69, 9.17) is 5.73 Å². The summed E-state index contributed by atoms with van der Waals surface area (Å²) in [6.45, 7) is 3.71. The molecule has 0 radical (unpaired) electrons. The van der Waals surface area contributed by atoms with Crippen molar-refractivity contribution >= 4 is 11.5 Å². The van der Waals surface area contributed by atoms with Crippen LogP contribution < -0.4 is 11.1 Å². The van der Waals surface area contributed by atoms with Gasteiger partial charge >= 0.3 is 0 Å². The smallest absolute Gasteiger partial charge is 0.145 e. The van der Waals surface area contributed by atoms with E-state index in [1.54, 1.807) is 6.20 Å². The summed E-state index contributed by atoms with van der Waals surface area (Å²) in [5.41, 5.74) is 7.66. The molecule has 0 amide bonds. The maximum atomic E-state index is 5.73. The number of hydrogen-bond donors (Lipinski definition) is 2. The third-order valence-corrected chi connectivity index (χ3v) is 2.48. The van der Waals surface area contributed by atoms with E-state index in [0.29, 0.717) is 0 Å². The number of hydrogen-bond acceptors (Lipinski definition) is 4. The summed E-state index contributed by atoms with van der Waals surface area (Å²) in [7, 11) is 0. The van der Waals surface area contributed by atoms with Crippen LogP contribution in [0.15, 0.2) is 30.5 Å². The van der Waals surface area contributed by atoms with Crippen LogP contribution in [-0.2, 0) is 13.1 Å². The fourth-order valence-corrected chi connectivity index (χ4v) is 1.67. The highest BCUT2D eigenvalue weighted by molar-refractivity contribution is 5.42. The maximum Gasteiger partial charge on any atom is 0.145 e. The summed E-state index contributed by atoms with van der Waals surface area (Å²) < 4.78 is 1.87. The maximum absolute atomic E-state index is 5.73. The lowest BCUT2D eigenvalue weighted by Crippen LogP contribution is -2.08. The Morgan fingerprint density at radius 3 is 3.06 bits per heavy atom. The molecule has 0 spiro atoms. The first kappa shape index (κ1) is 11.4. The van der Waals surface area contributed by atoms with Crippen LogP contribution in [-0.4, -0.2) is 15.0 Å². The van der Waals surface area contributed by atoms with Crippen molar-refractivity contribution in [1.29, 1.82) is 0 Å². The number of nitrogens with two attached hydrogens (primary N) is 1. The first-order valence-corrected chi connectivity index (χ1v) is 5.76. The van der Waals surface area contributed by atoms with Crippen molar-refractivity contribution < 1.29 is 0 Å². The number of benzene rings is 1. The molecule has 2 aromatic rings. The van der Waals surface area contributed by atoms with E-state index in [1.165, 1.54) is 0 Å².